The summed E-state index contributed by atoms with van der Waals surface area (Å²) >= 11 is 0. The number of hydrogen-bond acceptors (Lipinski definition) is 2. The van der Waals surface area contributed by atoms with Gasteiger partial charge in [0.1, 0.15) is 0 Å². The van der Waals surface area contributed by atoms with E-state index in [4.69, 9.17) is 7.98 Å². The average Bonchev–Trinajstić information content (AvgIpc) is 2.17. The maximum atomic E-state index is 10.9. The summed E-state index contributed by atoms with van der Waals surface area (Å²) < 4.78 is 0. The molecule has 3 nitrogen and oxygen atoms in total. The first-order chi connectivity index (χ1) is 4.66. The van der Waals surface area contributed by atoms with Crippen molar-refractivity contribution in [3.8, 4) is 0 Å². The first-order valence-corrected chi connectivity index (χ1v) is 3.28. The van der Waals surface area contributed by atoms with Crippen molar-refractivity contribution in [2.45, 2.75) is 19.8 Å². The van der Waals surface area contributed by atoms with Crippen LogP contribution in [0.2, 0.25) is 0 Å². The highest BCUT2D eigenvalue weighted by atomic mass is 16.2. The Kier molecular flexibility index (Phi) is 1.79. The molecule has 1 rings (SSSR count). The molecule has 0 aromatic rings. The highest BCUT2D eigenvalue weighted by Crippen LogP contribution is 2.19. The van der Waals surface area contributed by atoms with Crippen molar-refractivity contribution in [1.82, 2.24) is 4.81 Å². The molecule has 1 aliphatic heterocycles. The van der Waals surface area contributed by atoms with Crippen molar-refractivity contribution in [3.05, 3.63) is 0 Å². The van der Waals surface area contributed by atoms with E-state index in [-0.39, 0.29) is 24.2 Å². The molecule has 4 heteroatoms. The third-order valence-electron chi connectivity index (χ3n) is 1.77. The van der Waals surface area contributed by atoms with Crippen LogP contribution in [-0.2, 0) is 9.59 Å². The highest BCUT2D eigenvalue weighted by molar-refractivity contribution is 6.27. The zero-order valence-electron chi connectivity index (χ0n) is 5.83. The van der Waals surface area contributed by atoms with E-state index in [0.29, 0.717) is 11.2 Å². The summed E-state index contributed by atoms with van der Waals surface area (Å²) in [4.78, 5) is 22.4. The van der Waals surface area contributed by atoms with Crippen LogP contribution in [0.3, 0.4) is 0 Å². The summed E-state index contributed by atoms with van der Waals surface area (Å²) in [7, 11) is 5.12. The Morgan fingerprint density at radius 2 is 2.30 bits per heavy atom. The van der Waals surface area contributed by atoms with E-state index >= 15 is 0 Å². The van der Waals surface area contributed by atoms with Crippen LogP contribution in [0.1, 0.15) is 19.8 Å². The van der Waals surface area contributed by atoms with Gasteiger partial charge in [-0.3, -0.25) is 9.59 Å². The zero-order valence-corrected chi connectivity index (χ0v) is 5.83. The number of rotatable bonds is 1. The van der Waals surface area contributed by atoms with E-state index in [0.717, 1.165) is 0 Å². The quantitative estimate of drug-likeness (QED) is 0.372. The van der Waals surface area contributed by atoms with Gasteiger partial charge in [0.15, 0.2) is 0 Å². The molecule has 1 heterocycles. The maximum Gasteiger partial charge on any atom is 0.242 e. The van der Waals surface area contributed by atoms with E-state index < -0.39 is 0 Å². The highest BCUT2D eigenvalue weighted by Gasteiger charge is 2.33. The number of hydrogen-bond donors (Lipinski definition) is 0. The lowest BCUT2D eigenvalue weighted by atomic mass is 10.1. The molecule has 0 N–H and O–H groups in total. The molecule has 1 unspecified atom stereocenters. The Hall–Kier alpha value is -0.795. The maximum absolute atomic E-state index is 10.9. The number of amides is 2. The lowest BCUT2D eigenvalue weighted by Crippen LogP contribution is -2.27. The van der Waals surface area contributed by atoms with Gasteiger partial charge in [0.25, 0.3) is 0 Å². The van der Waals surface area contributed by atoms with Crippen molar-refractivity contribution in [1.29, 1.82) is 0 Å². The fourth-order valence-corrected chi connectivity index (χ4v) is 1.04. The van der Waals surface area contributed by atoms with Gasteiger partial charge in [-0.2, -0.15) is 0 Å². The SMILES string of the molecule is [B]N1C(=O)CC(CC)C1=O. The molecule has 0 aromatic carbocycles. The van der Waals surface area contributed by atoms with Crippen LogP contribution in [0.25, 0.3) is 0 Å². The molecule has 0 aliphatic carbocycles. The van der Waals surface area contributed by atoms with Crippen LogP contribution in [0.15, 0.2) is 0 Å². The first-order valence-electron chi connectivity index (χ1n) is 3.28. The number of carbonyl (C=O) groups is 2. The second-order valence-electron chi connectivity index (χ2n) is 2.41. The zero-order chi connectivity index (χ0) is 7.72. The van der Waals surface area contributed by atoms with Gasteiger partial charge < -0.3 is 4.81 Å². The van der Waals surface area contributed by atoms with Crippen LogP contribution in [0.4, 0.5) is 0 Å². The van der Waals surface area contributed by atoms with Crippen molar-refractivity contribution < 1.29 is 9.59 Å². The van der Waals surface area contributed by atoms with Crippen LogP contribution >= 0.6 is 0 Å². The van der Waals surface area contributed by atoms with Crippen LogP contribution < -0.4 is 0 Å². The van der Waals surface area contributed by atoms with Gasteiger partial charge in [0.05, 0.1) is 0 Å². The smallest absolute Gasteiger partial charge is 0.242 e. The van der Waals surface area contributed by atoms with E-state index in [1.54, 1.807) is 0 Å². The summed E-state index contributed by atoms with van der Waals surface area (Å²) in [6.07, 6.45) is 0.976. The van der Waals surface area contributed by atoms with Gasteiger partial charge in [0.2, 0.25) is 19.8 Å². The van der Waals surface area contributed by atoms with Gasteiger partial charge in [-0.1, -0.05) is 6.92 Å². The fraction of sp³-hybridized carbons (Fsp3) is 0.667. The molecule has 1 saturated heterocycles. The summed E-state index contributed by atoms with van der Waals surface area (Å²) in [6.45, 7) is 1.87. The Bertz CT molecular complexity index is 181. The fourth-order valence-electron chi connectivity index (χ4n) is 1.04. The average molecular weight is 137 g/mol. The summed E-state index contributed by atoms with van der Waals surface area (Å²) in [5, 5.41) is 0. The molecule has 2 radical (unpaired) electrons. The van der Waals surface area contributed by atoms with Gasteiger partial charge in [-0.05, 0) is 6.42 Å². The first kappa shape index (κ1) is 7.31. The minimum Gasteiger partial charge on any atom is -0.340 e. The predicted octanol–water partition coefficient (Wildman–Crippen LogP) is -0.145. The summed E-state index contributed by atoms with van der Waals surface area (Å²) in [5.74, 6) is -0.679. The summed E-state index contributed by atoms with van der Waals surface area (Å²) in [6, 6.07) is 0. The van der Waals surface area contributed by atoms with Gasteiger partial charge in [-0.25, -0.2) is 0 Å². The van der Waals surface area contributed by atoms with Crippen molar-refractivity contribution in [2.75, 3.05) is 0 Å². The molecular weight excluding hydrogens is 129 g/mol. The lowest BCUT2D eigenvalue weighted by molar-refractivity contribution is -0.133. The molecule has 0 saturated carbocycles. The van der Waals surface area contributed by atoms with Crippen LogP contribution in [0, 0.1) is 5.92 Å². The van der Waals surface area contributed by atoms with Gasteiger partial charge in [-0.15, -0.1) is 0 Å². The largest absolute Gasteiger partial charge is 0.340 e. The Labute approximate surface area is 60.8 Å². The normalized spacial score (nSPS) is 26.1. The molecule has 0 spiro atoms. The minimum absolute atomic E-state index is 0.169. The number of nitrogens with zero attached hydrogens (tertiary/aromatic N) is 1. The van der Waals surface area contributed by atoms with Crippen LogP contribution in [0.5, 0.6) is 0 Å². The molecule has 2 amide bonds. The summed E-state index contributed by atoms with van der Waals surface area (Å²) in [5.41, 5.74) is 0. The van der Waals surface area contributed by atoms with Crippen LogP contribution in [-0.4, -0.2) is 24.6 Å². The molecular formula is C6H8BNO2. The molecule has 10 heavy (non-hydrogen) atoms. The minimum atomic E-state index is -0.267. The standard InChI is InChI=1S/C6H8BNO2/c1-2-4-3-5(9)8(7)6(4)10/h4H,2-3H2,1H3. The molecule has 1 aliphatic rings. The topological polar surface area (TPSA) is 37.4 Å². The second kappa shape index (κ2) is 2.44. The number of carbonyl (C=O) groups excluding carboxylic acids is 2. The molecule has 0 aromatic heterocycles. The van der Waals surface area contributed by atoms with E-state index in [1.165, 1.54) is 0 Å². The molecule has 52 valence electrons. The van der Waals surface area contributed by atoms with E-state index in [9.17, 15) is 9.59 Å². The van der Waals surface area contributed by atoms with Gasteiger partial charge >= 0.3 is 0 Å². The Balaban J connectivity index is 2.71. The Morgan fingerprint density at radius 1 is 1.70 bits per heavy atom. The molecule has 0 bridgehead atoms. The third kappa shape index (κ3) is 0.937. The molecule has 1 fully saturated rings. The van der Waals surface area contributed by atoms with E-state index in [2.05, 4.69) is 0 Å². The number of imide groups is 1. The third-order valence-corrected chi connectivity index (χ3v) is 1.77. The lowest BCUT2D eigenvalue weighted by Gasteiger charge is -2.05. The van der Waals surface area contributed by atoms with Crippen molar-refractivity contribution in [2.24, 2.45) is 5.92 Å². The van der Waals surface area contributed by atoms with Gasteiger partial charge in [0, 0.05) is 12.3 Å². The monoisotopic (exact) mass is 137 g/mol. The molecule has 1 atom stereocenters. The van der Waals surface area contributed by atoms with E-state index in [1.807, 2.05) is 6.92 Å². The predicted molar refractivity (Wildman–Crippen MR) is 36.0 cm³/mol. The Morgan fingerprint density at radius 3 is 2.50 bits per heavy atom. The second-order valence-corrected chi connectivity index (χ2v) is 2.41. The van der Waals surface area contributed by atoms with Crippen molar-refractivity contribution in [3.63, 3.8) is 0 Å². The van der Waals surface area contributed by atoms with Crippen molar-refractivity contribution >= 4 is 19.8 Å².